The van der Waals surface area contributed by atoms with E-state index in [4.69, 9.17) is 5.10 Å². The molecule has 1 aliphatic heterocycles. The van der Waals surface area contributed by atoms with Gasteiger partial charge in [0.25, 0.3) is 0 Å². The van der Waals surface area contributed by atoms with Crippen molar-refractivity contribution in [3.8, 4) is 5.69 Å². The highest BCUT2D eigenvalue weighted by Crippen LogP contribution is 2.35. The zero-order chi connectivity index (χ0) is 24.4. The second kappa shape index (κ2) is 10.5. The molecule has 1 aromatic heterocycles. The van der Waals surface area contributed by atoms with Crippen LogP contribution in [0.5, 0.6) is 0 Å². The minimum atomic E-state index is -0.253. The molecule has 2 heterocycles. The Morgan fingerprint density at radius 3 is 2.26 bits per heavy atom. The summed E-state index contributed by atoms with van der Waals surface area (Å²) in [5.74, 6) is 1.68. The number of hydrogen-bond donors (Lipinski definition) is 0. The van der Waals surface area contributed by atoms with Crippen molar-refractivity contribution in [3.05, 3.63) is 41.3 Å². The first-order valence-corrected chi connectivity index (χ1v) is 12.9. The maximum absolute atomic E-state index is 13.7. The molecule has 186 valence electrons. The summed E-state index contributed by atoms with van der Waals surface area (Å²) in [5, 5.41) is 5.01. The van der Waals surface area contributed by atoms with Crippen LogP contribution < -0.4 is 4.90 Å². The number of rotatable bonds is 9. The predicted molar refractivity (Wildman–Crippen MR) is 135 cm³/mol. The van der Waals surface area contributed by atoms with E-state index in [9.17, 15) is 9.18 Å². The fraction of sp³-hybridized carbons (Fsp3) is 0.630. The Hall–Kier alpha value is -2.41. The Labute approximate surface area is 203 Å². The van der Waals surface area contributed by atoms with E-state index in [-0.39, 0.29) is 17.6 Å². The number of piperazine rings is 1. The Kier molecular flexibility index (Phi) is 7.60. The third-order valence-electron chi connectivity index (χ3n) is 6.96. The topological polar surface area (TPSA) is 44.6 Å². The number of halogens is 1. The van der Waals surface area contributed by atoms with E-state index in [1.165, 1.54) is 12.1 Å². The number of carbonyl (C=O) groups excluding carboxylic acids is 1. The first-order valence-electron chi connectivity index (χ1n) is 12.9. The Morgan fingerprint density at radius 1 is 1.09 bits per heavy atom. The average Bonchev–Trinajstić information content (AvgIpc) is 3.60. The molecule has 1 saturated heterocycles. The van der Waals surface area contributed by atoms with Crippen LogP contribution in [0.2, 0.25) is 0 Å². The first kappa shape index (κ1) is 24.7. The van der Waals surface area contributed by atoms with Crippen molar-refractivity contribution in [1.82, 2.24) is 19.6 Å². The molecule has 1 saturated carbocycles. The molecule has 34 heavy (non-hydrogen) atoms. The van der Waals surface area contributed by atoms with E-state index in [0.29, 0.717) is 18.5 Å². The summed E-state index contributed by atoms with van der Waals surface area (Å²) in [4.78, 5) is 20.2. The summed E-state index contributed by atoms with van der Waals surface area (Å²) >= 11 is 0. The second-order valence-electron chi connectivity index (χ2n) is 10.5. The summed E-state index contributed by atoms with van der Waals surface area (Å²) in [6, 6.07) is 7.09. The summed E-state index contributed by atoms with van der Waals surface area (Å²) in [7, 11) is 0. The molecule has 0 atom stereocenters. The maximum atomic E-state index is 13.7. The lowest BCUT2D eigenvalue weighted by Gasteiger charge is -2.38. The fourth-order valence-corrected chi connectivity index (χ4v) is 4.92. The number of hydrogen-bond acceptors (Lipinski definition) is 4. The van der Waals surface area contributed by atoms with Crippen molar-refractivity contribution in [2.45, 2.75) is 66.5 Å². The van der Waals surface area contributed by atoms with Gasteiger partial charge in [-0.25, -0.2) is 9.07 Å². The zero-order valence-electron chi connectivity index (χ0n) is 21.4. The van der Waals surface area contributed by atoms with E-state index >= 15 is 0 Å². The highest BCUT2D eigenvalue weighted by atomic mass is 19.1. The number of nitrogens with zero attached hydrogens (tertiary/aromatic N) is 5. The molecule has 0 spiro atoms. The monoisotopic (exact) mass is 469 g/mol. The normalized spacial score (nSPS) is 17.1. The van der Waals surface area contributed by atoms with Crippen LogP contribution in [0.15, 0.2) is 24.3 Å². The molecule has 0 N–H and O–H groups in total. The van der Waals surface area contributed by atoms with Crippen LogP contribution >= 0.6 is 0 Å². The van der Waals surface area contributed by atoms with Crippen LogP contribution in [0.1, 0.15) is 58.7 Å². The van der Waals surface area contributed by atoms with Crippen molar-refractivity contribution in [2.75, 3.05) is 37.6 Å². The molecule has 2 aliphatic rings. The van der Waals surface area contributed by atoms with Crippen LogP contribution in [0.3, 0.4) is 0 Å². The lowest BCUT2D eigenvalue weighted by atomic mass is 10.1. The molecule has 0 radical (unpaired) electrons. The van der Waals surface area contributed by atoms with Crippen LogP contribution in [0.4, 0.5) is 10.2 Å². The quantitative estimate of drug-likeness (QED) is 0.543. The SMILES string of the molecule is CCc1nn(-c2ccc(F)cc2)c(N2CCN(C(C)C)CC2)c1CN(CC(C)C)C(=O)C1CC1. The molecule has 1 aromatic carbocycles. The van der Waals surface area contributed by atoms with E-state index < -0.39 is 0 Å². The molecule has 2 fully saturated rings. The largest absolute Gasteiger partial charge is 0.354 e. The molecular formula is C27H40FN5O. The van der Waals surface area contributed by atoms with Crippen molar-refractivity contribution in [2.24, 2.45) is 11.8 Å². The highest BCUT2D eigenvalue weighted by Gasteiger charge is 2.35. The van der Waals surface area contributed by atoms with Gasteiger partial charge in [-0.3, -0.25) is 9.69 Å². The van der Waals surface area contributed by atoms with E-state index in [1.807, 2.05) is 4.68 Å². The number of amides is 1. The molecule has 0 bridgehead atoms. The molecule has 0 unspecified atom stereocenters. The Balaban J connectivity index is 1.74. The summed E-state index contributed by atoms with van der Waals surface area (Å²) in [6.07, 6.45) is 2.80. The van der Waals surface area contributed by atoms with Crippen LogP contribution in [-0.4, -0.2) is 64.3 Å². The number of anilines is 1. The van der Waals surface area contributed by atoms with Gasteiger partial charge in [0.2, 0.25) is 5.91 Å². The molecule has 6 nitrogen and oxygen atoms in total. The van der Waals surface area contributed by atoms with Crippen LogP contribution in [-0.2, 0) is 17.8 Å². The summed E-state index contributed by atoms with van der Waals surface area (Å²) in [6.45, 7) is 16.1. The summed E-state index contributed by atoms with van der Waals surface area (Å²) in [5.41, 5.74) is 3.01. The highest BCUT2D eigenvalue weighted by molar-refractivity contribution is 5.81. The van der Waals surface area contributed by atoms with Gasteiger partial charge in [0, 0.05) is 50.2 Å². The van der Waals surface area contributed by atoms with E-state index in [0.717, 1.165) is 74.7 Å². The summed E-state index contributed by atoms with van der Waals surface area (Å²) < 4.78 is 15.7. The lowest BCUT2D eigenvalue weighted by Crippen LogP contribution is -2.49. The van der Waals surface area contributed by atoms with Gasteiger partial charge in [0.15, 0.2) is 0 Å². The van der Waals surface area contributed by atoms with Crippen molar-refractivity contribution >= 4 is 11.7 Å². The van der Waals surface area contributed by atoms with Crippen molar-refractivity contribution in [3.63, 3.8) is 0 Å². The van der Waals surface area contributed by atoms with Gasteiger partial charge >= 0.3 is 0 Å². The molecule has 7 heteroatoms. The number of aromatic nitrogens is 2. The van der Waals surface area contributed by atoms with Crippen LogP contribution in [0, 0.1) is 17.7 Å². The number of carbonyl (C=O) groups is 1. The molecule has 1 aliphatic carbocycles. The van der Waals surface area contributed by atoms with E-state index in [2.05, 4.69) is 49.3 Å². The zero-order valence-corrected chi connectivity index (χ0v) is 21.4. The second-order valence-corrected chi connectivity index (χ2v) is 10.5. The fourth-order valence-electron chi connectivity index (χ4n) is 4.92. The van der Waals surface area contributed by atoms with Gasteiger partial charge in [0.1, 0.15) is 11.6 Å². The Bertz CT molecular complexity index is 972. The first-order chi connectivity index (χ1) is 16.3. The lowest BCUT2D eigenvalue weighted by molar-refractivity contribution is -0.133. The predicted octanol–water partition coefficient (Wildman–Crippen LogP) is 4.50. The van der Waals surface area contributed by atoms with Gasteiger partial charge in [-0.1, -0.05) is 20.8 Å². The number of aryl methyl sites for hydroxylation is 1. The van der Waals surface area contributed by atoms with Crippen molar-refractivity contribution in [1.29, 1.82) is 0 Å². The molecule has 2 aromatic rings. The van der Waals surface area contributed by atoms with Gasteiger partial charge < -0.3 is 9.80 Å². The van der Waals surface area contributed by atoms with Gasteiger partial charge in [-0.2, -0.15) is 5.10 Å². The third kappa shape index (κ3) is 5.45. The minimum absolute atomic E-state index is 0.189. The minimum Gasteiger partial charge on any atom is -0.354 e. The maximum Gasteiger partial charge on any atom is 0.225 e. The van der Waals surface area contributed by atoms with E-state index in [1.54, 1.807) is 12.1 Å². The number of benzene rings is 1. The molecule has 1 amide bonds. The van der Waals surface area contributed by atoms with Gasteiger partial charge in [-0.15, -0.1) is 0 Å². The van der Waals surface area contributed by atoms with Gasteiger partial charge in [-0.05, 0) is 63.3 Å². The average molecular weight is 470 g/mol. The molecular weight excluding hydrogens is 429 g/mol. The van der Waals surface area contributed by atoms with Crippen LogP contribution in [0.25, 0.3) is 5.69 Å². The standard InChI is InChI=1S/C27H40FN5O/c1-6-25-24(18-32(17-19(2)3)27(34)21-7-8-21)26(31-15-13-30(14-16-31)20(4)5)33(29-25)23-11-9-22(28)10-12-23/h9-12,19-21H,6-8,13-18H2,1-5H3. The third-order valence-corrected chi connectivity index (χ3v) is 6.96. The Morgan fingerprint density at radius 2 is 1.74 bits per heavy atom. The smallest absolute Gasteiger partial charge is 0.225 e. The molecule has 4 rings (SSSR count). The van der Waals surface area contributed by atoms with Gasteiger partial charge in [0.05, 0.1) is 17.9 Å². The van der Waals surface area contributed by atoms with Crippen molar-refractivity contribution < 1.29 is 9.18 Å².